The minimum absolute atomic E-state index is 0.122. The summed E-state index contributed by atoms with van der Waals surface area (Å²) in [4.78, 5) is 24.3. The fourth-order valence-corrected chi connectivity index (χ4v) is 5.18. The molecule has 4 heterocycles. The number of rotatable bonds is 2. The van der Waals surface area contributed by atoms with Gasteiger partial charge in [0.2, 0.25) is 5.79 Å². The Balaban J connectivity index is 1.79. The van der Waals surface area contributed by atoms with E-state index in [1.807, 2.05) is 13.8 Å². The zero-order chi connectivity index (χ0) is 16.5. The molecule has 1 spiro atoms. The molecule has 130 valence electrons. The molecule has 6 heteroatoms. The molecule has 0 radical (unpaired) electrons. The summed E-state index contributed by atoms with van der Waals surface area (Å²) in [5.41, 5.74) is -1.76. The Kier molecular flexibility index (Phi) is 3.38. The third-order valence-corrected chi connectivity index (χ3v) is 6.42. The Hall–Kier alpha value is -0.690. The monoisotopic (exact) mass is 326 g/mol. The van der Waals surface area contributed by atoms with Crippen LogP contribution in [0.25, 0.3) is 0 Å². The Morgan fingerprint density at radius 1 is 1.17 bits per heavy atom. The van der Waals surface area contributed by atoms with Crippen molar-refractivity contribution in [2.24, 2.45) is 17.8 Å². The van der Waals surface area contributed by atoms with Crippen LogP contribution in [0.15, 0.2) is 0 Å². The van der Waals surface area contributed by atoms with Gasteiger partial charge in [0.1, 0.15) is 0 Å². The van der Waals surface area contributed by atoms with Gasteiger partial charge >= 0.3 is 5.97 Å². The third-order valence-electron chi connectivity index (χ3n) is 6.42. The number of hydrogen-bond donors (Lipinski definition) is 0. The molecule has 0 aromatic heterocycles. The van der Waals surface area contributed by atoms with E-state index in [0.29, 0.717) is 12.5 Å². The van der Waals surface area contributed by atoms with Crippen molar-refractivity contribution in [2.75, 3.05) is 6.61 Å². The zero-order valence-electron chi connectivity index (χ0n) is 14.3. The summed E-state index contributed by atoms with van der Waals surface area (Å²) in [6.45, 7) is 8.07. The Bertz CT molecular complexity index is 523. The van der Waals surface area contributed by atoms with Gasteiger partial charge in [-0.3, -0.25) is 0 Å². The van der Waals surface area contributed by atoms with E-state index in [4.69, 9.17) is 24.0 Å². The van der Waals surface area contributed by atoms with E-state index in [1.165, 1.54) is 0 Å². The van der Waals surface area contributed by atoms with Gasteiger partial charge < -0.3 is 14.2 Å². The Labute approximate surface area is 136 Å². The maximum absolute atomic E-state index is 12.6. The number of carbonyl (C=O) groups excluding carboxylic acids is 1. The average Bonchev–Trinajstić information content (AvgIpc) is 2.60. The van der Waals surface area contributed by atoms with Gasteiger partial charge in [0.05, 0.1) is 6.61 Å². The van der Waals surface area contributed by atoms with E-state index in [2.05, 4.69) is 6.92 Å². The van der Waals surface area contributed by atoms with Gasteiger partial charge in [-0.2, -0.15) is 0 Å². The van der Waals surface area contributed by atoms with Crippen LogP contribution in [-0.4, -0.2) is 35.9 Å². The molecule has 1 saturated carbocycles. The lowest BCUT2D eigenvalue weighted by Gasteiger charge is -2.50. The summed E-state index contributed by atoms with van der Waals surface area (Å²) in [5.74, 6) is -0.525. The number of esters is 1. The first-order valence-corrected chi connectivity index (χ1v) is 8.75. The summed E-state index contributed by atoms with van der Waals surface area (Å²) in [7, 11) is 0. The normalized spacial score (nSPS) is 54.4. The van der Waals surface area contributed by atoms with Crippen LogP contribution >= 0.6 is 0 Å². The molecule has 0 N–H and O–H groups in total. The van der Waals surface area contributed by atoms with Crippen LogP contribution in [0.4, 0.5) is 0 Å². The summed E-state index contributed by atoms with van der Waals surface area (Å²) in [6, 6.07) is 0. The minimum Gasteiger partial charge on any atom is -0.464 e. The first-order valence-electron chi connectivity index (χ1n) is 8.75. The van der Waals surface area contributed by atoms with Crippen molar-refractivity contribution in [1.29, 1.82) is 0 Å². The zero-order valence-corrected chi connectivity index (χ0v) is 14.3. The van der Waals surface area contributed by atoms with Crippen molar-refractivity contribution in [3.63, 3.8) is 0 Å². The van der Waals surface area contributed by atoms with E-state index >= 15 is 0 Å². The quantitative estimate of drug-likeness (QED) is 0.574. The van der Waals surface area contributed by atoms with E-state index in [9.17, 15) is 4.79 Å². The highest BCUT2D eigenvalue weighted by Gasteiger charge is 2.75. The summed E-state index contributed by atoms with van der Waals surface area (Å²) in [5, 5.41) is 0. The molecule has 4 aliphatic heterocycles. The molecule has 6 nitrogen and oxygen atoms in total. The first kappa shape index (κ1) is 15.8. The second-order valence-corrected chi connectivity index (χ2v) is 7.80. The van der Waals surface area contributed by atoms with Gasteiger partial charge in [0.15, 0.2) is 17.5 Å². The fraction of sp³-hybridized carbons (Fsp3) is 0.941. The number of carbonyl (C=O) groups is 1. The van der Waals surface area contributed by atoms with Crippen molar-refractivity contribution in [3.05, 3.63) is 0 Å². The molecule has 0 amide bonds. The standard InChI is InChI=1S/C17H26O6/c1-5-19-13(18)16(4)12-7-6-10(2)11-8-9-15(3)20-14(21-16)17(11,12)23-22-15/h10-12,14H,5-9H2,1-4H3/t10-,11+,12?,14+,15-,16+,17-/m1/s1. The molecule has 0 aromatic carbocycles. The Morgan fingerprint density at radius 2 is 1.96 bits per heavy atom. The second-order valence-electron chi connectivity index (χ2n) is 7.80. The lowest BCUT2D eigenvalue weighted by molar-refractivity contribution is -0.541. The largest absolute Gasteiger partial charge is 0.464 e. The maximum Gasteiger partial charge on any atom is 0.338 e. The fourth-order valence-electron chi connectivity index (χ4n) is 5.18. The van der Waals surface area contributed by atoms with Crippen LogP contribution in [0.5, 0.6) is 0 Å². The van der Waals surface area contributed by atoms with Crippen molar-refractivity contribution in [3.8, 4) is 0 Å². The highest BCUT2D eigenvalue weighted by atomic mass is 17.3. The average molecular weight is 326 g/mol. The lowest BCUT2D eigenvalue weighted by atomic mass is 9.60. The summed E-state index contributed by atoms with van der Waals surface area (Å²) in [6.07, 6.45) is 3.02. The van der Waals surface area contributed by atoms with E-state index in [-0.39, 0.29) is 17.8 Å². The lowest BCUT2D eigenvalue weighted by Crippen LogP contribution is -2.62. The van der Waals surface area contributed by atoms with Crippen LogP contribution in [0.2, 0.25) is 0 Å². The number of ether oxygens (including phenoxy) is 3. The molecular weight excluding hydrogens is 300 g/mol. The summed E-state index contributed by atoms with van der Waals surface area (Å²) >= 11 is 0. The number of fused-ring (bicyclic) bond motifs is 2. The molecule has 5 aliphatic rings. The van der Waals surface area contributed by atoms with Crippen LogP contribution in [0.1, 0.15) is 53.4 Å². The van der Waals surface area contributed by atoms with Crippen molar-refractivity contribution in [2.45, 2.75) is 76.7 Å². The van der Waals surface area contributed by atoms with E-state index < -0.39 is 23.3 Å². The molecule has 2 bridgehead atoms. The van der Waals surface area contributed by atoms with Crippen molar-refractivity contribution < 1.29 is 28.8 Å². The smallest absolute Gasteiger partial charge is 0.338 e. The maximum atomic E-state index is 12.6. The predicted molar refractivity (Wildman–Crippen MR) is 78.9 cm³/mol. The minimum atomic E-state index is -1.05. The SMILES string of the molecule is CCOC(=O)[C@@]1(C)O[C@@H]2O[C@@]3(C)CC[C@H]4[C@H](C)CCC1[C@@]24OO3. The highest BCUT2D eigenvalue weighted by molar-refractivity contribution is 5.80. The number of hydrogen-bond acceptors (Lipinski definition) is 6. The van der Waals surface area contributed by atoms with Gasteiger partial charge in [-0.05, 0) is 51.9 Å². The van der Waals surface area contributed by atoms with Crippen LogP contribution < -0.4 is 0 Å². The molecule has 1 unspecified atom stereocenters. The highest BCUT2D eigenvalue weighted by Crippen LogP contribution is 2.63. The molecule has 7 atom stereocenters. The van der Waals surface area contributed by atoms with Crippen molar-refractivity contribution >= 4 is 5.97 Å². The third kappa shape index (κ3) is 1.92. The molecular formula is C17H26O6. The van der Waals surface area contributed by atoms with Crippen LogP contribution in [-0.2, 0) is 28.8 Å². The van der Waals surface area contributed by atoms with Gasteiger partial charge in [0.25, 0.3) is 0 Å². The van der Waals surface area contributed by atoms with Gasteiger partial charge in [0, 0.05) is 12.3 Å². The summed E-state index contributed by atoms with van der Waals surface area (Å²) < 4.78 is 17.6. The van der Waals surface area contributed by atoms with Crippen molar-refractivity contribution in [1.82, 2.24) is 0 Å². The molecule has 5 rings (SSSR count). The van der Waals surface area contributed by atoms with E-state index in [0.717, 1.165) is 25.7 Å². The molecule has 5 fully saturated rings. The molecule has 0 aromatic rings. The topological polar surface area (TPSA) is 63.2 Å². The Morgan fingerprint density at radius 3 is 2.70 bits per heavy atom. The van der Waals surface area contributed by atoms with Crippen LogP contribution in [0, 0.1) is 17.8 Å². The van der Waals surface area contributed by atoms with Gasteiger partial charge in [-0.25, -0.2) is 14.6 Å². The van der Waals surface area contributed by atoms with Crippen LogP contribution in [0.3, 0.4) is 0 Å². The molecule has 4 saturated heterocycles. The van der Waals surface area contributed by atoms with Gasteiger partial charge in [-0.1, -0.05) is 6.92 Å². The molecule has 23 heavy (non-hydrogen) atoms. The van der Waals surface area contributed by atoms with Gasteiger partial charge in [-0.15, -0.1) is 0 Å². The second kappa shape index (κ2) is 4.91. The predicted octanol–water partition coefficient (Wildman–Crippen LogP) is 2.55. The molecule has 1 aliphatic carbocycles. The van der Waals surface area contributed by atoms with E-state index in [1.54, 1.807) is 6.92 Å². The first-order chi connectivity index (χ1) is 10.9.